The summed E-state index contributed by atoms with van der Waals surface area (Å²) in [7, 11) is 0. The average Bonchev–Trinajstić information content (AvgIpc) is 2.70. The molecule has 1 amide bonds. The van der Waals surface area contributed by atoms with Crippen molar-refractivity contribution in [2.75, 3.05) is 19.7 Å². The average molecular weight is 399 g/mol. The Kier molecular flexibility index (Phi) is 7.26. The number of nitrogens with zero attached hydrogens (tertiary/aromatic N) is 1. The minimum atomic E-state index is -0.205. The molecule has 29 heavy (non-hydrogen) atoms. The SMILES string of the molecule is Cc1ccc(C(C)C)cc1OCC(=O)NC1CCN(Cc2ccc(F)cc2)CC1. The summed E-state index contributed by atoms with van der Waals surface area (Å²) in [6.07, 6.45) is 1.82. The predicted octanol–water partition coefficient (Wildman–Crippen LogP) is 4.42. The molecule has 2 aromatic rings. The van der Waals surface area contributed by atoms with Crippen LogP contribution in [0.3, 0.4) is 0 Å². The molecule has 0 bridgehead atoms. The van der Waals surface area contributed by atoms with Crippen molar-refractivity contribution < 1.29 is 13.9 Å². The van der Waals surface area contributed by atoms with Crippen LogP contribution in [0.25, 0.3) is 0 Å². The van der Waals surface area contributed by atoms with Gasteiger partial charge in [-0.15, -0.1) is 0 Å². The number of halogens is 1. The molecule has 1 fully saturated rings. The Hall–Kier alpha value is -2.40. The third-order valence-corrected chi connectivity index (χ3v) is 5.51. The Morgan fingerprint density at radius 3 is 2.52 bits per heavy atom. The minimum Gasteiger partial charge on any atom is -0.483 e. The summed E-state index contributed by atoms with van der Waals surface area (Å²) in [6, 6.07) is 13.0. The second kappa shape index (κ2) is 9.88. The van der Waals surface area contributed by atoms with Crippen LogP contribution < -0.4 is 10.1 Å². The van der Waals surface area contributed by atoms with Crippen molar-refractivity contribution in [1.82, 2.24) is 10.2 Å². The van der Waals surface area contributed by atoms with Crippen LogP contribution in [0.4, 0.5) is 4.39 Å². The van der Waals surface area contributed by atoms with Crippen molar-refractivity contribution in [1.29, 1.82) is 0 Å². The molecule has 0 spiro atoms. The third-order valence-electron chi connectivity index (χ3n) is 5.51. The first-order valence-corrected chi connectivity index (χ1v) is 10.4. The fourth-order valence-corrected chi connectivity index (χ4v) is 3.63. The number of carbonyl (C=O) groups is 1. The van der Waals surface area contributed by atoms with Gasteiger partial charge in [-0.1, -0.05) is 38.1 Å². The van der Waals surface area contributed by atoms with E-state index in [0.29, 0.717) is 5.92 Å². The molecule has 2 aromatic carbocycles. The maximum atomic E-state index is 13.0. The van der Waals surface area contributed by atoms with Crippen LogP contribution in [0.2, 0.25) is 0 Å². The van der Waals surface area contributed by atoms with E-state index in [2.05, 4.69) is 30.1 Å². The zero-order chi connectivity index (χ0) is 20.8. The van der Waals surface area contributed by atoms with Crippen LogP contribution in [0.1, 0.15) is 49.3 Å². The molecule has 0 radical (unpaired) electrons. The van der Waals surface area contributed by atoms with Gasteiger partial charge in [0.1, 0.15) is 11.6 Å². The second-order valence-corrected chi connectivity index (χ2v) is 8.21. The number of aryl methyl sites for hydroxylation is 1. The van der Waals surface area contributed by atoms with Gasteiger partial charge in [-0.05, 0) is 60.6 Å². The van der Waals surface area contributed by atoms with E-state index in [1.54, 1.807) is 0 Å². The monoisotopic (exact) mass is 398 g/mol. The highest BCUT2D eigenvalue weighted by molar-refractivity contribution is 5.77. The van der Waals surface area contributed by atoms with E-state index in [-0.39, 0.29) is 24.4 Å². The van der Waals surface area contributed by atoms with Crippen molar-refractivity contribution in [2.24, 2.45) is 0 Å². The van der Waals surface area contributed by atoms with Gasteiger partial charge in [0.05, 0.1) is 0 Å². The minimum absolute atomic E-state index is 0.0399. The fourth-order valence-electron chi connectivity index (χ4n) is 3.63. The Morgan fingerprint density at radius 1 is 1.17 bits per heavy atom. The quantitative estimate of drug-likeness (QED) is 0.751. The standard InChI is InChI=1S/C24H31FN2O2/c1-17(2)20-7-4-18(3)23(14-20)29-16-24(28)26-22-10-12-27(13-11-22)15-19-5-8-21(25)9-6-19/h4-9,14,17,22H,10-13,15-16H2,1-3H3,(H,26,28). The molecule has 0 aromatic heterocycles. The summed E-state index contributed by atoms with van der Waals surface area (Å²) in [5, 5.41) is 3.10. The summed E-state index contributed by atoms with van der Waals surface area (Å²) in [4.78, 5) is 14.7. The first-order valence-electron chi connectivity index (χ1n) is 10.4. The van der Waals surface area contributed by atoms with Gasteiger partial charge >= 0.3 is 0 Å². The topological polar surface area (TPSA) is 41.6 Å². The number of benzene rings is 2. The van der Waals surface area contributed by atoms with E-state index in [1.165, 1.54) is 17.7 Å². The normalized spacial score (nSPS) is 15.5. The summed E-state index contributed by atoms with van der Waals surface area (Å²) < 4.78 is 18.8. The molecule has 0 aliphatic carbocycles. The smallest absolute Gasteiger partial charge is 0.258 e. The highest BCUT2D eigenvalue weighted by atomic mass is 19.1. The molecule has 0 atom stereocenters. The van der Waals surface area contributed by atoms with E-state index in [1.807, 2.05) is 31.2 Å². The Bertz CT molecular complexity index is 812. The molecule has 1 N–H and O–H groups in total. The summed E-state index contributed by atoms with van der Waals surface area (Å²) >= 11 is 0. The predicted molar refractivity (Wildman–Crippen MR) is 114 cm³/mol. The highest BCUT2D eigenvalue weighted by Crippen LogP contribution is 2.24. The number of ether oxygens (including phenoxy) is 1. The molecule has 5 heteroatoms. The van der Waals surface area contributed by atoms with Crippen LogP contribution >= 0.6 is 0 Å². The van der Waals surface area contributed by atoms with Gasteiger partial charge in [0.2, 0.25) is 0 Å². The van der Waals surface area contributed by atoms with Crippen LogP contribution in [0.5, 0.6) is 5.75 Å². The molecule has 0 unspecified atom stereocenters. The van der Waals surface area contributed by atoms with Crippen molar-refractivity contribution in [2.45, 2.75) is 52.1 Å². The van der Waals surface area contributed by atoms with E-state index >= 15 is 0 Å². The number of hydrogen-bond acceptors (Lipinski definition) is 3. The van der Waals surface area contributed by atoms with Gasteiger partial charge in [-0.3, -0.25) is 9.69 Å². The van der Waals surface area contributed by atoms with Crippen LogP contribution in [-0.4, -0.2) is 36.5 Å². The molecule has 1 heterocycles. The summed E-state index contributed by atoms with van der Waals surface area (Å²) in [6.45, 7) is 8.96. The maximum Gasteiger partial charge on any atom is 0.258 e. The van der Waals surface area contributed by atoms with Gasteiger partial charge in [0.25, 0.3) is 5.91 Å². The van der Waals surface area contributed by atoms with Crippen LogP contribution in [-0.2, 0) is 11.3 Å². The molecule has 1 saturated heterocycles. The van der Waals surface area contributed by atoms with Gasteiger partial charge < -0.3 is 10.1 Å². The molecule has 1 aliphatic rings. The lowest BCUT2D eigenvalue weighted by molar-refractivity contribution is -0.124. The molecule has 1 aliphatic heterocycles. The van der Waals surface area contributed by atoms with Crippen molar-refractivity contribution in [3.8, 4) is 5.75 Å². The zero-order valence-corrected chi connectivity index (χ0v) is 17.6. The molecule has 3 rings (SSSR count). The summed E-state index contributed by atoms with van der Waals surface area (Å²) in [5.41, 5.74) is 3.36. The van der Waals surface area contributed by atoms with Crippen molar-refractivity contribution in [3.63, 3.8) is 0 Å². The summed E-state index contributed by atoms with van der Waals surface area (Å²) in [5.74, 6) is 0.923. The Morgan fingerprint density at radius 2 is 1.86 bits per heavy atom. The van der Waals surface area contributed by atoms with Gasteiger partial charge in [0, 0.05) is 25.7 Å². The lowest BCUT2D eigenvalue weighted by Gasteiger charge is -2.32. The molecular formula is C24H31FN2O2. The fraction of sp³-hybridized carbons (Fsp3) is 0.458. The highest BCUT2D eigenvalue weighted by Gasteiger charge is 2.21. The van der Waals surface area contributed by atoms with E-state index < -0.39 is 0 Å². The van der Waals surface area contributed by atoms with Gasteiger partial charge in [0.15, 0.2) is 6.61 Å². The van der Waals surface area contributed by atoms with Crippen LogP contribution in [0.15, 0.2) is 42.5 Å². The van der Waals surface area contributed by atoms with Gasteiger partial charge in [-0.2, -0.15) is 0 Å². The van der Waals surface area contributed by atoms with E-state index in [0.717, 1.165) is 49.4 Å². The Labute approximate surface area is 173 Å². The first kappa shape index (κ1) is 21.3. The van der Waals surface area contributed by atoms with Gasteiger partial charge in [-0.25, -0.2) is 4.39 Å². The molecule has 156 valence electrons. The number of likely N-dealkylation sites (tertiary alicyclic amines) is 1. The number of amides is 1. The number of piperidine rings is 1. The number of carbonyl (C=O) groups excluding carboxylic acids is 1. The molecule has 0 saturated carbocycles. The van der Waals surface area contributed by atoms with Crippen LogP contribution in [0, 0.1) is 12.7 Å². The molecule has 4 nitrogen and oxygen atoms in total. The van der Waals surface area contributed by atoms with Crippen molar-refractivity contribution in [3.05, 3.63) is 65.0 Å². The lowest BCUT2D eigenvalue weighted by atomic mass is 10.0. The first-order chi connectivity index (χ1) is 13.9. The zero-order valence-electron chi connectivity index (χ0n) is 17.6. The molecular weight excluding hydrogens is 367 g/mol. The maximum absolute atomic E-state index is 13.0. The number of hydrogen-bond donors (Lipinski definition) is 1. The largest absolute Gasteiger partial charge is 0.483 e. The van der Waals surface area contributed by atoms with E-state index in [4.69, 9.17) is 4.74 Å². The lowest BCUT2D eigenvalue weighted by Crippen LogP contribution is -2.45. The number of nitrogens with one attached hydrogen (secondary N) is 1. The second-order valence-electron chi connectivity index (χ2n) is 8.21. The van der Waals surface area contributed by atoms with Crippen molar-refractivity contribution >= 4 is 5.91 Å². The third kappa shape index (κ3) is 6.29. The Balaban J connectivity index is 1.42. The van der Waals surface area contributed by atoms with E-state index in [9.17, 15) is 9.18 Å². The number of rotatable bonds is 7.